The molecule has 9 nitrogen and oxygen atoms in total. The largest absolute Gasteiger partial charge is 0.375 e. The van der Waals surface area contributed by atoms with Gasteiger partial charge in [0.05, 0.1) is 90.3 Å². The molecule has 52 heavy (non-hydrogen) atoms. The van der Waals surface area contributed by atoms with E-state index in [1.807, 2.05) is 150 Å². The molecular weight excluding hydrogens is 998 g/mol. The van der Waals surface area contributed by atoms with E-state index in [2.05, 4.69) is 0 Å². The Hall–Kier alpha value is 1.35. The van der Waals surface area contributed by atoms with Gasteiger partial charge in [-0.1, -0.05) is 0 Å². The minimum Gasteiger partial charge on any atom is -0.375 e. The fraction of sp³-hybridized carbons (Fsp3) is 0.912. The molecule has 0 aromatic carbocycles. The molecule has 0 unspecified atom stereocenters. The van der Waals surface area contributed by atoms with Crippen LogP contribution in [-0.4, -0.2) is 127 Å². The predicted molar refractivity (Wildman–Crippen MR) is 243 cm³/mol. The van der Waals surface area contributed by atoms with Crippen LogP contribution in [0.2, 0.25) is 0 Å². The molecule has 290 valence electrons. The van der Waals surface area contributed by atoms with Gasteiger partial charge in [-0.05, 0) is 102 Å². The molecule has 0 aliphatic heterocycles. The fourth-order valence-electron chi connectivity index (χ4n) is 4.81. The molecule has 0 rings (SSSR count). The van der Waals surface area contributed by atoms with Crippen molar-refractivity contribution in [1.82, 2.24) is 0 Å². The third-order valence-corrected chi connectivity index (χ3v) is 10.5. The maximum Gasteiger partial charge on any atom is 0.245 e. The Labute approximate surface area is 361 Å². The average molecular weight is 1060 g/mol. The van der Waals surface area contributed by atoms with Gasteiger partial charge in [0.1, 0.15) is 0 Å². The van der Waals surface area contributed by atoms with Crippen LogP contribution in [0.5, 0.6) is 0 Å². The molecular formula is C34H61B6I3O9. The molecule has 0 spiro atoms. The summed E-state index contributed by atoms with van der Waals surface area (Å²) < 4.78 is 36.0. The normalized spacial score (nSPS) is 13.4. The first-order valence-corrected chi connectivity index (χ1v) is 21.7. The summed E-state index contributed by atoms with van der Waals surface area (Å²) in [7, 11) is 17.2. The number of ether oxygens (including phenoxy) is 6. The van der Waals surface area contributed by atoms with E-state index in [1.165, 1.54) is 0 Å². The topological polar surface area (TPSA) is 107 Å². The Morgan fingerprint density at radius 2 is 0.654 bits per heavy atom. The molecule has 0 aliphatic rings. The second-order valence-electron chi connectivity index (χ2n) is 17.3. The molecule has 0 fully saturated rings. The van der Waals surface area contributed by atoms with Gasteiger partial charge in [0, 0.05) is 48.4 Å². The number of hydrogen-bond acceptors (Lipinski definition) is 9. The first kappa shape index (κ1) is 53.3. The molecule has 6 radical (unpaired) electrons. The maximum absolute atomic E-state index is 12.2. The minimum atomic E-state index is -0.634. The first-order valence-electron chi connectivity index (χ1n) is 18.0. The predicted octanol–water partition coefficient (Wildman–Crippen LogP) is 6.31. The second kappa shape index (κ2) is 23.7. The molecule has 0 amide bonds. The van der Waals surface area contributed by atoms with Gasteiger partial charge < -0.3 is 42.8 Å². The van der Waals surface area contributed by atoms with E-state index in [0.29, 0.717) is 58.9 Å². The monoisotopic (exact) mass is 1060 g/mol. The summed E-state index contributed by atoms with van der Waals surface area (Å²) in [5.74, 6) is -0.0989. The van der Waals surface area contributed by atoms with Gasteiger partial charge in [-0.15, -0.1) is 0 Å². The Bertz CT molecular complexity index is 973. The van der Waals surface area contributed by atoms with Crippen LogP contribution in [0, 0.1) is 5.92 Å². The zero-order chi connectivity index (χ0) is 40.8. The second-order valence-corrected chi connectivity index (χ2v) is 21.3. The summed E-state index contributed by atoms with van der Waals surface area (Å²) in [6, 6.07) is 0. The lowest BCUT2D eigenvalue weighted by Gasteiger charge is -2.34. The minimum absolute atomic E-state index is 0.0487. The van der Waals surface area contributed by atoms with Gasteiger partial charge in [-0.3, -0.25) is 0 Å². The smallest absolute Gasteiger partial charge is 0.245 e. The highest BCUT2D eigenvalue weighted by molar-refractivity contribution is 14.1. The fourth-order valence-corrected chi connectivity index (χ4v) is 5.48. The van der Waals surface area contributed by atoms with Crippen molar-refractivity contribution < 1.29 is 42.8 Å². The van der Waals surface area contributed by atoms with E-state index in [1.54, 1.807) is 0 Å². The number of hydrogen-bond donors (Lipinski definition) is 0. The lowest BCUT2D eigenvalue weighted by Crippen LogP contribution is -2.39. The van der Waals surface area contributed by atoms with Gasteiger partial charge in [-0.25, -0.2) is 0 Å². The molecule has 0 N–H and O–H groups in total. The highest BCUT2D eigenvalue weighted by Crippen LogP contribution is 2.26. The van der Waals surface area contributed by atoms with Gasteiger partial charge in [0.25, 0.3) is 0 Å². The van der Waals surface area contributed by atoms with Crippen molar-refractivity contribution in [2.24, 2.45) is 5.92 Å². The highest BCUT2D eigenvalue weighted by Gasteiger charge is 2.32. The summed E-state index contributed by atoms with van der Waals surface area (Å²) in [6.45, 7) is 25.9. The Morgan fingerprint density at radius 3 is 0.846 bits per heavy atom. The zero-order valence-corrected chi connectivity index (χ0v) is 40.3. The van der Waals surface area contributed by atoms with Crippen molar-refractivity contribution in [3.8, 4) is 0 Å². The van der Waals surface area contributed by atoms with Crippen molar-refractivity contribution in [1.29, 1.82) is 0 Å². The van der Waals surface area contributed by atoms with Crippen molar-refractivity contribution in [2.75, 3.05) is 39.6 Å². The van der Waals surface area contributed by atoms with Crippen LogP contribution in [0.1, 0.15) is 122 Å². The SMILES string of the molecule is [B]B(I)C(=O)CC(C)(C)OCCC(C)(C)OCC(COC(C)(C)CCOC(C)(C)CC(=O)B([B])I)COC(C)(C)CCOC(C)(C)CC(=O)B([B])I. The Kier molecular flexibility index (Phi) is 24.3. The van der Waals surface area contributed by atoms with E-state index in [4.69, 9.17) is 51.6 Å². The van der Waals surface area contributed by atoms with Crippen molar-refractivity contribution in [2.45, 2.75) is 155 Å². The van der Waals surface area contributed by atoms with Gasteiger partial charge in [0.15, 0.2) is 0 Å². The first-order chi connectivity index (χ1) is 23.4. The summed E-state index contributed by atoms with van der Waals surface area (Å²) in [5.41, 5.74) is -3.60. The van der Waals surface area contributed by atoms with Gasteiger partial charge in [-0.2, -0.15) is 67.1 Å². The van der Waals surface area contributed by atoms with E-state index in [0.717, 1.165) is 0 Å². The van der Waals surface area contributed by atoms with Crippen LogP contribution in [0.25, 0.3) is 0 Å². The molecule has 18 heteroatoms. The Balaban J connectivity index is 5.45. The standard InChI is InChI=1S/C34H61B6I3O9/c1-29(2,13-16-47-32(7,8)19-26(44)38(35)41)50-22-25(23-51-30(3,4)14-17-48-33(9,10)20-27(45)39(36)42)24-52-31(5,6)15-18-49-34(11,12)21-28(46)40(37)43/h25H,13-24H2,1-12H3. The quantitative estimate of drug-likeness (QED) is 0.0605. The van der Waals surface area contributed by atoms with Crippen molar-refractivity contribution in [3.63, 3.8) is 0 Å². The number of rotatable bonds is 30. The van der Waals surface area contributed by atoms with Crippen LogP contribution in [0.3, 0.4) is 0 Å². The van der Waals surface area contributed by atoms with Gasteiger partial charge >= 0.3 is 0 Å². The van der Waals surface area contributed by atoms with Gasteiger partial charge in [0.2, 0.25) is 13.4 Å². The van der Waals surface area contributed by atoms with E-state index >= 15 is 0 Å². The molecule has 0 saturated heterocycles. The van der Waals surface area contributed by atoms with Crippen LogP contribution >= 0.6 is 67.1 Å². The van der Waals surface area contributed by atoms with E-state index in [-0.39, 0.29) is 42.2 Å². The average Bonchev–Trinajstić information content (AvgIpc) is 2.95. The summed E-state index contributed by atoms with van der Waals surface area (Å²) in [5, 5.41) is 0. The third-order valence-electron chi connectivity index (χ3n) is 8.44. The number of carbonyl (C=O) groups excluding carboxylic acids is 3. The molecule has 0 atom stereocenters. The lowest BCUT2D eigenvalue weighted by atomic mass is 9.51. The van der Waals surface area contributed by atoms with Crippen molar-refractivity contribution in [3.05, 3.63) is 0 Å². The van der Waals surface area contributed by atoms with E-state index < -0.39 is 47.0 Å². The van der Waals surface area contributed by atoms with Crippen LogP contribution in [0.4, 0.5) is 0 Å². The maximum atomic E-state index is 12.2. The van der Waals surface area contributed by atoms with Crippen LogP contribution < -0.4 is 0 Å². The summed E-state index contributed by atoms with van der Waals surface area (Å²) in [6.07, 6.45) is 2.55. The molecule has 0 aromatic rings. The lowest BCUT2D eigenvalue weighted by molar-refractivity contribution is -0.134. The summed E-state index contributed by atoms with van der Waals surface area (Å²) >= 11 is 5.75. The number of carbonyl (C=O) groups is 3. The molecule has 0 heterocycles. The molecule has 0 saturated carbocycles. The zero-order valence-electron chi connectivity index (χ0n) is 33.8. The Morgan fingerprint density at radius 1 is 0.442 bits per heavy atom. The van der Waals surface area contributed by atoms with Crippen LogP contribution in [0.15, 0.2) is 0 Å². The molecule has 0 bridgehead atoms. The van der Waals surface area contributed by atoms with Crippen molar-refractivity contribution >= 4 is 121 Å². The molecule has 0 aromatic heterocycles. The molecule has 0 aliphatic carbocycles. The van der Waals surface area contributed by atoms with E-state index in [9.17, 15) is 14.4 Å². The summed E-state index contributed by atoms with van der Waals surface area (Å²) in [4.78, 5) is 36.5. The van der Waals surface area contributed by atoms with Crippen LogP contribution in [-0.2, 0) is 42.8 Å². The number of halogens is 3. The highest BCUT2D eigenvalue weighted by atomic mass is 127. The third kappa shape index (κ3) is 26.3.